The fraction of sp³-hybridized carbons (Fsp3) is 0.500. The number of allylic oxidation sites excluding steroid dienone is 8. The molecule has 0 saturated heterocycles. The largest absolute Gasteiger partial charge is 0.299 e. The van der Waals surface area contributed by atoms with Crippen LogP contribution in [0.2, 0.25) is 0 Å². The van der Waals surface area contributed by atoms with Gasteiger partial charge in [-0.3, -0.25) is 4.79 Å². The van der Waals surface area contributed by atoms with Gasteiger partial charge in [-0.25, -0.2) is 0 Å². The Balaban J connectivity index is 1.47. The first-order chi connectivity index (χ1) is 15.1. The van der Waals surface area contributed by atoms with Gasteiger partial charge in [-0.05, 0) is 74.0 Å². The second kappa shape index (κ2) is 10.4. The van der Waals surface area contributed by atoms with Gasteiger partial charge >= 0.3 is 0 Å². The second-order valence-corrected chi connectivity index (χ2v) is 9.98. The fourth-order valence-electron chi connectivity index (χ4n) is 5.57. The molecule has 1 unspecified atom stereocenters. The van der Waals surface area contributed by atoms with Crippen LogP contribution in [-0.2, 0) is 17.6 Å². The van der Waals surface area contributed by atoms with E-state index in [1.54, 1.807) is 11.1 Å². The summed E-state index contributed by atoms with van der Waals surface area (Å²) >= 11 is 0. The van der Waals surface area contributed by atoms with Crippen LogP contribution in [0.15, 0.2) is 70.9 Å². The zero-order valence-corrected chi connectivity index (χ0v) is 19.5. The van der Waals surface area contributed by atoms with E-state index in [0.29, 0.717) is 24.5 Å². The molecule has 0 N–H and O–H groups in total. The van der Waals surface area contributed by atoms with E-state index in [4.69, 9.17) is 0 Å². The Morgan fingerprint density at radius 3 is 2.42 bits per heavy atom. The standard InChI is InChI=1S/C30H38O/c1-3-30(31)21-24-13-11-23(12-14-24)16-26-18-27(17-25-10-9-22(2)15-25)20-29(19-26)28-7-5-4-6-8-28/h9,11-15,18,20,26,28H,3-8,10,16-17,19,21H2,1-2H3. The van der Waals surface area contributed by atoms with Gasteiger partial charge < -0.3 is 0 Å². The number of ketones is 1. The third kappa shape index (κ3) is 6.19. The highest BCUT2D eigenvalue weighted by atomic mass is 16.1. The highest BCUT2D eigenvalue weighted by Gasteiger charge is 2.24. The third-order valence-corrected chi connectivity index (χ3v) is 7.31. The second-order valence-electron chi connectivity index (χ2n) is 9.98. The van der Waals surface area contributed by atoms with Crippen LogP contribution in [-0.4, -0.2) is 5.78 Å². The van der Waals surface area contributed by atoms with Crippen molar-refractivity contribution in [1.82, 2.24) is 0 Å². The third-order valence-electron chi connectivity index (χ3n) is 7.31. The van der Waals surface area contributed by atoms with Gasteiger partial charge in [-0.2, -0.15) is 0 Å². The van der Waals surface area contributed by atoms with E-state index in [2.05, 4.69) is 55.5 Å². The van der Waals surface area contributed by atoms with Gasteiger partial charge in [0.1, 0.15) is 5.78 Å². The summed E-state index contributed by atoms with van der Waals surface area (Å²) in [7, 11) is 0. The van der Waals surface area contributed by atoms with Crippen LogP contribution < -0.4 is 0 Å². The summed E-state index contributed by atoms with van der Waals surface area (Å²) in [4.78, 5) is 11.7. The van der Waals surface area contributed by atoms with Crippen LogP contribution in [0.3, 0.4) is 0 Å². The predicted molar refractivity (Wildman–Crippen MR) is 131 cm³/mol. The first kappa shape index (κ1) is 22.1. The van der Waals surface area contributed by atoms with Crippen molar-refractivity contribution in [2.75, 3.05) is 0 Å². The van der Waals surface area contributed by atoms with Gasteiger partial charge in [0.05, 0.1) is 0 Å². The minimum absolute atomic E-state index is 0.320. The van der Waals surface area contributed by atoms with Crippen molar-refractivity contribution >= 4 is 5.78 Å². The number of benzene rings is 1. The smallest absolute Gasteiger partial charge is 0.136 e. The molecule has 1 saturated carbocycles. The lowest BCUT2D eigenvalue weighted by atomic mass is 9.75. The van der Waals surface area contributed by atoms with Crippen LogP contribution in [0.5, 0.6) is 0 Å². The SMILES string of the molecule is CCC(=O)Cc1ccc(CC2C=C(CC3=CC(C)=CC3)C=C(C3CCCCC3)C2)cc1. The molecular formula is C30H38O. The van der Waals surface area contributed by atoms with E-state index < -0.39 is 0 Å². The average molecular weight is 415 g/mol. The number of hydrogen-bond acceptors (Lipinski definition) is 1. The van der Waals surface area contributed by atoms with E-state index in [0.717, 1.165) is 30.7 Å². The Bertz CT molecular complexity index is 900. The molecule has 0 spiro atoms. The van der Waals surface area contributed by atoms with E-state index in [1.807, 2.05) is 6.92 Å². The van der Waals surface area contributed by atoms with E-state index in [1.165, 1.54) is 55.2 Å². The summed E-state index contributed by atoms with van der Waals surface area (Å²) in [6.07, 6.45) is 22.6. The van der Waals surface area contributed by atoms with Crippen molar-refractivity contribution in [3.63, 3.8) is 0 Å². The quantitative estimate of drug-likeness (QED) is 0.423. The van der Waals surface area contributed by atoms with Gasteiger partial charge in [-0.15, -0.1) is 0 Å². The maximum absolute atomic E-state index is 11.7. The zero-order chi connectivity index (χ0) is 21.6. The van der Waals surface area contributed by atoms with Gasteiger partial charge in [0, 0.05) is 12.8 Å². The molecule has 0 aromatic heterocycles. The molecule has 1 nitrogen and oxygen atoms in total. The molecule has 4 rings (SSSR count). The number of Topliss-reactive ketones (excluding diaryl/α,β-unsaturated/α-hetero) is 1. The van der Waals surface area contributed by atoms with Gasteiger partial charge in [0.2, 0.25) is 0 Å². The van der Waals surface area contributed by atoms with E-state index >= 15 is 0 Å². The molecule has 1 aromatic carbocycles. The molecule has 0 radical (unpaired) electrons. The predicted octanol–water partition coefficient (Wildman–Crippen LogP) is 7.87. The molecule has 0 heterocycles. The fourth-order valence-corrected chi connectivity index (χ4v) is 5.57. The highest BCUT2D eigenvalue weighted by Crippen LogP contribution is 2.39. The van der Waals surface area contributed by atoms with Crippen LogP contribution in [0.25, 0.3) is 0 Å². The molecule has 3 aliphatic carbocycles. The van der Waals surface area contributed by atoms with Gasteiger partial charge in [0.15, 0.2) is 0 Å². The van der Waals surface area contributed by atoms with E-state index in [9.17, 15) is 4.79 Å². The molecule has 164 valence electrons. The summed E-state index contributed by atoms with van der Waals surface area (Å²) in [5.74, 6) is 1.72. The summed E-state index contributed by atoms with van der Waals surface area (Å²) in [6.45, 7) is 4.16. The Labute approximate surface area is 189 Å². The van der Waals surface area contributed by atoms with Crippen LogP contribution in [0, 0.1) is 11.8 Å². The molecule has 1 heteroatoms. The number of rotatable bonds is 8. The molecule has 3 aliphatic rings. The molecule has 1 fully saturated rings. The van der Waals surface area contributed by atoms with Crippen molar-refractivity contribution in [1.29, 1.82) is 0 Å². The van der Waals surface area contributed by atoms with Crippen molar-refractivity contribution in [2.45, 2.75) is 84.5 Å². The topological polar surface area (TPSA) is 17.1 Å². The first-order valence-electron chi connectivity index (χ1n) is 12.5. The normalized spacial score (nSPS) is 21.9. The summed E-state index contributed by atoms with van der Waals surface area (Å²) in [6, 6.07) is 8.81. The van der Waals surface area contributed by atoms with Crippen molar-refractivity contribution in [2.24, 2.45) is 11.8 Å². The Kier molecular flexibility index (Phi) is 7.43. The lowest BCUT2D eigenvalue weighted by Crippen LogP contribution is -2.16. The Morgan fingerprint density at radius 2 is 1.74 bits per heavy atom. The molecule has 0 aliphatic heterocycles. The molecule has 1 aromatic rings. The molecule has 31 heavy (non-hydrogen) atoms. The Morgan fingerprint density at radius 1 is 1.00 bits per heavy atom. The van der Waals surface area contributed by atoms with Crippen molar-refractivity contribution in [3.8, 4) is 0 Å². The molecule has 1 atom stereocenters. The van der Waals surface area contributed by atoms with Gasteiger partial charge in [-0.1, -0.05) is 91.5 Å². The zero-order valence-electron chi connectivity index (χ0n) is 19.5. The number of hydrogen-bond donors (Lipinski definition) is 0. The Hall–Kier alpha value is -2.15. The van der Waals surface area contributed by atoms with Crippen molar-refractivity contribution in [3.05, 3.63) is 82.0 Å². The lowest BCUT2D eigenvalue weighted by Gasteiger charge is -2.30. The van der Waals surface area contributed by atoms with Gasteiger partial charge in [0.25, 0.3) is 0 Å². The monoisotopic (exact) mass is 414 g/mol. The molecular weight excluding hydrogens is 376 g/mol. The maximum Gasteiger partial charge on any atom is 0.136 e. The summed E-state index contributed by atoms with van der Waals surface area (Å²) in [5, 5.41) is 0. The minimum Gasteiger partial charge on any atom is -0.299 e. The molecule has 0 bridgehead atoms. The summed E-state index contributed by atoms with van der Waals surface area (Å²) in [5.41, 5.74) is 8.78. The molecule has 0 amide bonds. The van der Waals surface area contributed by atoms with Crippen LogP contribution >= 0.6 is 0 Å². The minimum atomic E-state index is 0.320. The number of carbonyl (C=O) groups is 1. The number of carbonyl (C=O) groups excluding carboxylic acids is 1. The average Bonchev–Trinajstić information content (AvgIpc) is 3.20. The van der Waals surface area contributed by atoms with Crippen LogP contribution in [0.1, 0.15) is 82.8 Å². The van der Waals surface area contributed by atoms with Crippen LogP contribution in [0.4, 0.5) is 0 Å². The lowest BCUT2D eigenvalue weighted by molar-refractivity contribution is -0.118. The summed E-state index contributed by atoms with van der Waals surface area (Å²) < 4.78 is 0. The van der Waals surface area contributed by atoms with E-state index in [-0.39, 0.29) is 0 Å². The first-order valence-corrected chi connectivity index (χ1v) is 12.5. The van der Waals surface area contributed by atoms with Crippen molar-refractivity contribution < 1.29 is 4.79 Å². The highest BCUT2D eigenvalue weighted by molar-refractivity contribution is 5.80. The maximum atomic E-state index is 11.7.